The third-order valence-corrected chi connectivity index (χ3v) is 6.94. The van der Waals surface area contributed by atoms with Gasteiger partial charge >= 0.3 is 0 Å². The van der Waals surface area contributed by atoms with Crippen LogP contribution in [0.25, 0.3) is 16.7 Å². The molecule has 2 N–H and O–H groups in total. The molecule has 2 aliphatic heterocycles. The number of rotatable bonds is 7. The molecule has 36 heavy (non-hydrogen) atoms. The van der Waals surface area contributed by atoms with Crippen LogP contribution in [-0.4, -0.2) is 68.4 Å². The van der Waals surface area contributed by atoms with Gasteiger partial charge in [0.05, 0.1) is 13.2 Å². The smallest absolute Gasteiger partial charge is 0.231 e. The fraction of sp³-hybridized carbons (Fsp3) is 0.429. The summed E-state index contributed by atoms with van der Waals surface area (Å²) < 4.78 is 12.1. The van der Waals surface area contributed by atoms with Crippen molar-refractivity contribution >= 4 is 28.4 Å². The Bertz CT molecular complexity index is 1230. The maximum atomic E-state index is 6.47. The van der Waals surface area contributed by atoms with Gasteiger partial charge in [-0.25, -0.2) is 4.98 Å². The van der Waals surface area contributed by atoms with Crippen LogP contribution >= 0.6 is 0 Å². The van der Waals surface area contributed by atoms with E-state index in [0.29, 0.717) is 25.1 Å². The van der Waals surface area contributed by atoms with Gasteiger partial charge in [0, 0.05) is 38.7 Å². The summed E-state index contributed by atoms with van der Waals surface area (Å²) in [4.78, 5) is 14.4. The lowest BCUT2D eigenvalue weighted by atomic mass is 9.96. The van der Waals surface area contributed by atoms with Crippen LogP contribution in [0.1, 0.15) is 37.0 Å². The van der Waals surface area contributed by atoms with E-state index in [1.54, 1.807) is 0 Å². The summed E-state index contributed by atoms with van der Waals surface area (Å²) in [5.41, 5.74) is 3.85. The highest BCUT2D eigenvalue weighted by molar-refractivity contribution is 5.86. The number of ether oxygens (including phenoxy) is 1. The van der Waals surface area contributed by atoms with E-state index in [1.807, 2.05) is 32.2 Å². The molecule has 1 aromatic carbocycles. The van der Waals surface area contributed by atoms with E-state index in [2.05, 4.69) is 57.8 Å². The van der Waals surface area contributed by atoms with Crippen LogP contribution in [0.15, 0.2) is 58.8 Å². The standard InChI is InChI=1S/C28H36N6O2/c1-4-20(21-9-6-5-7-10-21)17-25(29-2)31-28-30-23-18-24(22-11-8-12-33(3)19-22)36-26(23)27(32-28)34-13-15-35-16-14-34/h4-7,9-10,17-18,22,29H,8,11-16,19H2,1-3H3,(H,30,31,32)/b20-4+,25-17+. The van der Waals surface area contributed by atoms with Crippen molar-refractivity contribution in [3.8, 4) is 0 Å². The van der Waals surface area contributed by atoms with Crippen LogP contribution in [0.4, 0.5) is 11.8 Å². The van der Waals surface area contributed by atoms with Gasteiger partial charge in [0.25, 0.3) is 0 Å². The van der Waals surface area contributed by atoms with Crippen molar-refractivity contribution in [3.63, 3.8) is 0 Å². The molecule has 3 aromatic rings. The molecule has 2 aromatic heterocycles. The molecule has 8 heteroatoms. The number of allylic oxidation sites excluding steroid dienone is 3. The van der Waals surface area contributed by atoms with Crippen molar-refractivity contribution in [2.45, 2.75) is 25.7 Å². The van der Waals surface area contributed by atoms with Crippen molar-refractivity contribution in [2.75, 3.05) is 63.7 Å². The van der Waals surface area contributed by atoms with E-state index in [0.717, 1.165) is 72.2 Å². The number of hydrogen-bond acceptors (Lipinski definition) is 8. The Morgan fingerprint density at radius 3 is 2.64 bits per heavy atom. The molecule has 0 spiro atoms. The number of anilines is 2. The van der Waals surface area contributed by atoms with Gasteiger partial charge in [0.1, 0.15) is 17.1 Å². The number of fused-ring (bicyclic) bond motifs is 1. The predicted octanol–water partition coefficient (Wildman–Crippen LogP) is 4.44. The molecule has 0 saturated carbocycles. The molecular weight excluding hydrogens is 452 g/mol. The van der Waals surface area contributed by atoms with Crippen molar-refractivity contribution in [3.05, 3.63) is 65.7 Å². The second kappa shape index (κ2) is 11.1. The highest BCUT2D eigenvalue weighted by Crippen LogP contribution is 2.35. The van der Waals surface area contributed by atoms with Gasteiger partial charge in [-0.3, -0.25) is 0 Å². The van der Waals surface area contributed by atoms with E-state index in [4.69, 9.17) is 19.1 Å². The third kappa shape index (κ3) is 5.39. The lowest BCUT2D eigenvalue weighted by Crippen LogP contribution is -2.37. The average molecular weight is 489 g/mol. The number of furan rings is 1. The summed E-state index contributed by atoms with van der Waals surface area (Å²) in [6.45, 7) is 7.10. The van der Waals surface area contributed by atoms with Crippen molar-refractivity contribution < 1.29 is 9.15 Å². The maximum Gasteiger partial charge on any atom is 0.231 e. The molecule has 0 amide bonds. The van der Waals surface area contributed by atoms with E-state index in [1.165, 1.54) is 6.42 Å². The molecule has 5 rings (SSSR count). The highest BCUT2D eigenvalue weighted by atomic mass is 16.5. The number of aromatic nitrogens is 2. The van der Waals surface area contributed by atoms with Gasteiger partial charge in [0.2, 0.25) is 5.95 Å². The number of benzene rings is 1. The number of morpholine rings is 1. The number of likely N-dealkylation sites (tertiary alicyclic amines) is 1. The third-order valence-electron chi connectivity index (χ3n) is 6.94. The second-order valence-electron chi connectivity index (χ2n) is 9.48. The Morgan fingerprint density at radius 2 is 1.92 bits per heavy atom. The first-order chi connectivity index (χ1) is 17.6. The maximum absolute atomic E-state index is 6.47. The molecule has 4 heterocycles. The quantitative estimate of drug-likeness (QED) is 0.473. The molecule has 190 valence electrons. The number of piperidine rings is 1. The molecule has 1 unspecified atom stereocenters. The van der Waals surface area contributed by atoms with Crippen molar-refractivity contribution in [2.24, 2.45) is 0 Å². The molecule has 8 nitrogen and oxygen atoms in total. The fourth-order valence-corrected chi connectivity index (χ4v) is 4.99. The minimum Gasteiger partial charge on any atom is -0.455 e. The van der Waals surface area contributed by atoms with E-state index in [-0.39, 0.29) is 0 Å². The normalized spacial score (nSPS) is 20.1. The molecular formula is C28H36N6O2. The molecule has 0 bridgehead atoms. The number of likely N-dealkylation sites (N-methyl/N-ethyl adjacent to an activating group) is 1. The van der Waals surface area contributed by atoms with Crippen LogP contribution in [0, 0.1) is 0 Å². The fourth-order valence-electron chi connectivity index (χ4n) is 4.99. The predicted molar refractivity (Wildman–Crippen MR) is 145 cm³/mol. The second-order valence-corrected chi connectivity index (χ2v) is 9.48. The van der Waals surface area contributed by atoms with Crippen LogP contribution in [0.5, 0.6) is 0 Å². The topological polar surface area (TPSA) is 78.7 Å². The minimum atomic E-state index is 0.378. The zero-order valence-corrected chi connectivity index (χ0v) is 21.5. The summed E-state index contributed by atoms with van der Waals surface area (Å²) in [6.07, 6.45) is 6.49. The van der Waals surface area contributed by atoms with Gasteiger partial charge in [-0.05, 0) is 50.6 Å². The summed E-state index contributed by atoms with van der Waals surface area (Å²) in [5.74, 6) is 3.56. The van der Waals surface area contributed by atoms with Crippen LogP contribution in [0.3, 0.4) is 0 Å². The van der Waals surface area contributed by atoms with Crippen LogP contribution < -0.4 is 15.5 Å². The highest BCUT2D eigenvalue weighted by Gasteiger charge is 2.26. The van der Waals surface area contributed by atoms with Gasteiger partial charge < -0.3 is 29.6 Å². The first-order valence-electron chi connectivity index (χ1n) is 12.9. The van der Waals surface area contributed by atoms with Crippen LogP contribution in [-0.2, 0) is 4.74 Å². The Hall–Kier alpha value is -3.36. The average Bonchev–Trinajstić information content (AvgIpc) is 3.36. The van der Waals surface area contributed by atoms with Crippen molar-refractivity contribution in [1.82, 2.24) is 20.2 Å². The first kappa shape index (κ1) is 24.3. The zero-order valence-electron chi connectivity index (χ0n) is 21.5. The molecule has 1 atom stereocenters. The van der Waals surface area contributed by atoms with Crippen molar-refractivity contribution in [1.29, 1.82) is 0 Å². The van der Waals surface area contributed by atoms with E-state index < -0.39 is 0 Å². The number of nitrogens with zero attached hydrogens (tertiary/aromatic N) is 4. The Labute approximate surface area is 213 Å². The van der Waals surface area contributed by atoms with Gasteiger partial charge in [-0.1, -0.05) is 36.4 Å². The largest absolute Gasteiger partial charge is 0.455 e. The lowest BCUT2D eigenvalue weighted by Gasteiger charge is -2.28. The zero-order chi connectivity index (χ0) is 24.9. The summed E-state index contributed by atoms with van der Waals surface area (Å²) >= 11 is 0. The number of nitrogens with one attached hydrogen (secondary N) is 2. The monoisotopic (exact) mass is 488 g/mol. The summed E-state index contributed by atoms with van der Waals surface area (Å²) in [7, 11) is 4.07. The number of hydrogen-bond donors (Lipinski definition) is 2. The van der Waals surface area contributed by atoms with Gasteiger partial charge in [-0.2, -0.15) is 4.98 Å². The Kier molecular flexibility index (Phi) is 7.53. The summed E-state index contributed by atoms with van der Waals surface area (Å²) in [5, 5.41) is 6.67. The Morgan fingerprint density at radius 1 is 1.11 bits per heavy atom. The molecule has 2 aliphatic rings. The SMILES string of the molecule is C/C=C(\C=C(/NC)Nc1nc(N2CCOCC2)c2oc(C3CCCN(C)C3)cc2n1)c1ccccc1. The van der Waals surface area contributed by atoms with Gasteiger partial charge in [-0.15, -0.1) is 0 Å². The summed E-state index contributed by atoms with van der Waals surface area (Å²) in [6, 6.07) is 12.4. The minimum absolute atomic E-state index is 0.378. The lowest BCUT2D eigenvalue weighted by molar-refractivity contribution is 0.122. The first-order valence-corrected chi connectivity index (χ1v) is 12.9. The molecule has 0 radical (unpaired) electrons. The van der Waals surface area contributed by atoms with E-state index >= 15 is 0 Å². The Balaban J connectivity index is 1.50. The van der Waals surface area contributed by atoms with Gasteiger partial charge in [0.15, 0.2) is 11.4 Å². The molecule has 0 aliphatic carbocycles. The molecule has 2 fully saturated rings. The van der Waals surface area contributed by atoms with Crippen LogP contribution in [0.2, 0.25) is 0 Å². The molecule has 2 saturated heterocycles. The van der Waals surface area contributed by atoms with E-state index in [9.17, 15) is 0 Å².